The molecule has 0 unspecified atom stereocenters. The number of benzene rings is 1. The predicted molar refractivity (Wildman–Crippen MR) is 68.1 cm³/mol. The summed E-state index contributed by atoms with van der Waals surface area (Å²) in [5.74, 6) is 3.71. The van der Waals surface area contributed by atoms with Crippen LogP contribution in [0.2, 0.25) is 5.32 Å². The fraction of sp³-hybridized carbons (Fsp3) is 0.333. The average molecular weight is 281 g/mol. The fourth-order valence-electron chi connectivity index (χ4n) is 1.41. The molecule has 1 aromatic rings. The first-order valence-electron chi connectivity index (χ1n) is 5.61. The van der Waals surface area contributed by atoms with E-state index in [4.69, 9.17) is 9.31 Å². The Bertz CT molecular complexity index is 343. The summed E-state index contributed by atoms with van der Waals surface area (Å²) in [5, 5.41) is 1.31. The van der Waals surface area contributed by atoms with Crippen LogP contribution in [-0.4, -0.2) is 22.1 Å². The van der Waals surface area contributed by atoms with Gasteiger partial charge in [-0.3, -0.25) is 0 Å². The molecule has 4 heteroatoms. The van der Waals surface area contributed by atoms with Crippen LogP contribution < -0.4 is 9.31 Å². The maximum absolute atomic E-state index is 5.61. The van der Waals surface area contributed by atoms with Gasteiger partial charge in [0.2, 0.25) is 0 Å². The number of hydrogen-bond acceptors (Lipinski definition) is 2. The van der Waals surface area contributed by atoms with Gasteiger partial charge in [0, 0.05) is 0 Å². The molecule has 84 valence electrons. The van der Waals surface area contributed by atoms with Gasteiger partial charge < -0.3 is 0 Å². The molecule has 0 aliphatic carbocycles. The van der Waals surface area contributed by atoms with Crippen LogP contribution in [0.3, 0.4) is 0 Å². The standard InChI is InChI=1S/C12H15BO2Se/c1-2-3-9-16-10-8-13-14-11-6-4-5-7-12(11)15-13/h4-8,10H,2-3,9H2,1H3/b10-8+. The molecule has 1 aliphatic rings. The Hall–Kier alpha value is -0.856. The van der Waals surface area contributed by atoms with Crippen molar-refractivity contribution in [2.75, 3.05) is 0 Å². The van der Waals surface area contributed by atoms with Gasteiger partial charge in [0.25, 0.3) is 0 Å². The Morgan fingerprint density at radius 1 is 1.25 bits per heavy atom. The van der Waals surface area contributed by atoms with Crippen LogP contribution in [0.15, 0.2) is 35.2 Å². The Balaban J connectivity index is 1.78. The summed E-state index contributed by atoms with van der Waals surface area (Å²) in [6, 6.07) is 7.79. The molecule has 2 nitrogen and oxygen atoms in total. The summed E-state index contributed by atoms with van der Waals surface area (Å²) in [6.45, 7) is 2.22. The van der Waals surface area contributed by atoms with Crippen LogP contribution >= 0.6 is 0 Å². The summed E-state index contributed by atoms with van der Waals surface area (Å²) in [7, 11) is -0.221. The Labute approximate surface area is 103 Å². The zero-order valence-corrected chi connectivity index (χ0v) is 11.1. The molecule has 1 aliphatic heterocycles. The molecule has 16 heavy (non-hydrogen) atoms. The number of para-hydroxylation sites is 2. The topological polar surface area (TPSA) is 18.5 Å². The average Bonchev–Trinajstić information content (AvgIpc) is 2.71. The fourth-order valence-corrected chi connectivity index (χ4v) is 3.16. The van der Waals surface area contributed by atoms with E-state index in [0.717, 1.165) is 11.5 Å². The van der Waals surface area contributed by atoms with Crippen LogP contribution in [0.4, 0.5) is 0 Å². The minimum atomic E-state index is -0.221. The molecule has 0 bridgehead atoms. The van der Waals surface area contributed by atoms with Crippen LogP contribution in [0.25, 0.3) is 0 Å². The quantitative estimate of drug-likeness (QED) is 0.610. The van der Waals surface area contributed by atoms with Crippen molar-refractivity contribution in [2.45, 2.75) is 25.1 Å². The summed E-state index contributed by atoms with van der Waals surface area (Å²) in [5.41, 5.74) is 0. The van der Waals surface area contributed by atoms with Gasteiger partial charge in [-0.25, -0.2) is 0 Å². The molecule has 0 atom stereocenters. The van der Waals surface area contributed by atoms with Gasteiger partial charge in [0.05, 0.1) is 0 Å². The van der Waals surface area contributed by atoms with Crippen molar-refractivity contribution < 1.29 is 9.31 Å². The van der Waals surface area contributed by atoms with Gasteiger partial charge in [-0.15, -0.1) is 0 Å². The van der Waals surface area contributed by atoms with Gasteiger partial charge in [0.1, 0.15) is 0 Å². The second-order valence-corrected chi connectivity index (χ2v) is 5.73. The van der Waals surface area contributed by atoms with Crippen molar-refractivity contribution in [3.8, 4) is 11.5 Å². The van der Waals surface area contributed by atoms with Crippen LogP contribution in [0.5, 0.6) is 11.5 Å². The maximum atomic E-state index is 5.61. The Morgan fingerprint density at radius 3 is 2.56 bits per heavy atom. The third kappa shape index (κ3) is 3.07. The van der Waals surface area contributed by atoms with Gasteiger partial charge in [-0.1, -0.05) is 0 Å². The van der Waals surface area contributed by atoms with Crippen LogP contribution in [0.1, 0.15) is 19.8 Å². The molecule has 0 aromatic heterocycles. The van der Waals surface area contributed by atoms with E-state index in [2.05, 4.69) is 11.9 Å². The van der Waals surface area contributed by atoms with Crippen molar-refractivity contribution in [3.63, 3.8) is 0 Å². The molecule has 0 saturated carbocycles. The Morgan fingerprint density at radius 2 is 1.94 bits per heavy atom. The summed E-state index contributed by atoms with van der Waals surface area (Å²) >= 11 is 0.581. The van der Waals surface area contributed by atoms with E-state index in [1.807, 2.05) is 30.2 Å². The zero-order valence-electron chi connectivity index (χ0n) is 9.39. The molecule has 0 amide bonds. The van der Waals surface area contributed by atoms with Gasteiger partial charge in [0.15, 0.2) is 0 Å². The second-order valence-electron chi connectivity index (χ2n) is 3.60. The number of rotatable bonds is 5. The number of fused-ring (bicyclic) bond motifs is 1. The third-order valence-corrected chi connectivity index (χ3v) is 4.12. The first-order chi connectivity index (χ1) is 7.90. The van der Waals surface area contributed by atoms with Gasteiger partial charge in [-0.05, 0) is 0 Å². The van der Waals surface area contributed by atoms with E-state index in [-0.39, 0.29) is 7.12 Å². The van der Waals surface area contributed by atoms with Gasteiger partial charge in [-0.2, -0.15) is 0 Å². The number of unbranched alkanes of at least 4 members (excludes halogenated alkanes) is 1. The van der Waals surface area contributed by atoms with Crippen molar-refractivity contribution >= 4 is 22.1 Å². The summed E-state index contributed by atoms with van der Waals surface area (Å²) in [4.78, 5) is 2.21. The number of hydrogen-bond donors (Lipinski definition) is 0. The van der Waals surface area contributed by atoms with Crippen LogP contribution in [-0.2, 0) is 0 Å². The first kappa shape index (κ1) is 11.6. The molecule has 2 rings (SSSR count). The van der Waals surface area contributed by atoms with E-state index < -0.39 is 0 Å². The van der Waals surface area contributed by atoms with E-state index >= 15 is 0 Å². The van der Waals surface area contributed by atoms with Crippen LogP contribution in [0, 0.1) is 0 Å². The summed E-state index contributed by atoms with van der Waals surface area (Å²) < 4.78 is 11.2. The first-order valence-corrected chi connectivity index (χ1v) is 7.81. The molecule has 0 N–H and O–H groups in total. The zero-order chi connectivity index (χ0) is 11.2. The van der Waals surface area contributed by atoms with Crippen molar-refractivity contribution in [3.05, 3.63) is 35.2 Å². The van der Waals surface area contributed by atoms with Gasteiger partial charge >= 0.3 is 103 Å². The second kappa shape index (κ2) is 6.02. The molecular weight excluding hydrogens is 266 g/mol. The summed E-state index contributed by atoms with van der Waals surface area (Å²) in [6.07, 6.45) is 2.59. The van der Waals surface area contributed by atoms with E-state index in [1.54, 1.807) is 0 Å². The van der Waals surface area contributed by atoms with Crippen molar-refractivity contribution in [2.24, 2.45) is 0 Å². The minimum absolute atomic E-state index is 0.221. The van der Waals surface area contributed by atoms with E-state index in [1.165, 1.54) is 18.2 Å². The van der Waals surface area contributed by atoms with E-state index in [0.29, 0.717) is 15.0 Å². The molecule has 1 aromatic carbocycles. The molecular formula is C12H15BO2Se. The third-order valence-electron chi connectivity index (χ3n) is 2.28. The normalized spacial score (nSPS) is 13.7. The molecule has 1 heterocycles. The molecule has 0 saturated heterocycles. The molecule has 0 spiro atoms. The molecule has 0 fully saturated rings. The Kier molecular flexibility index (Phi) is 4.38. The van der Waals surface area contributed by atoms with E-state index in [9.17, 15) is 0 Å². The molecule has 0 radical (unpaired) electrons. The predicted octanol–water partition coefficient (Wildman–Crippen LogP) is 2.92. The van der Waals surface area contributed by atoms with Crippen molar-refractivity contribution in [1.29, 1.82) is 0 Å². The van der Waals surface area contributed by atoms with Crippen molar-refractivity contribution in [1.82, 2.24) is 0 Å². The SMILES string of the molecule is CCCC[Se]/C=C/B1Oc2ccccc2O1. The monoisotopic (exact) mass is 282 g/mol.